The fraction of sp³-hybridized carbons (Fsp3) is 0.640. The Morgan fingerprint density at radius 3 is 2.65 bits per heavy atom. The van der Waals surface area contributed by atoms with Gasteiger partial charge in [-0.2, -0.15) is 0 Å². The van der Waals surface area contributed by atoms with Crippen molar-refractivity contribution in [2.45, 2.75) is 76.7 Å². The minimum absolute atomic E-state index is 0.218. The fourth-order valence-corrected chi connectivity index (χ4v) is 6.48. The van der Waals surface area contributed by atoms with Crippen LogP contribution in [-0.2, 0) is 19.1 Å². The number of nitrogens with one attached hydrogen (secondary N) is 2. The van der Waals surface area contributed by atoms with E-state index in [1.54, 1.807) is 12.1 Å². The van der Waals surface area contributed by atoms with Crippen LogP contribution in [0.2, 0.25) is 5.02 Å². The Morgan fingerprint density at radius 1 is 1.29 bits per heavy atom. The highest BCUT2D eigenvalue weighted by molar-refractivity contribution is 6.34. The average molecular weight is 492 g/mol. The number of likely N-dealkylation sites (tertiary alicyclic amines) is 1. The molecule has 0 saturated carbocycles. The molecule has 8 nitrogen and oxygen atoms in total. The molecular formula is C25H34ClN3O5. The highest BCUT2D eigenvalue weighted by atomic mass is 35.5. The van der Waals surface area contributed by atoms with E-state index >= 15 is 0 Å². The Morgan fingerprint density at radius 2 is 2.03 bits per heavy atom. The smallest absolute Gasteiger partial charge is 0.250 e. The number of carbonyl (C=O) groups is 3. The Bertz CT molecular complexity index is 979. The van der Waals surface area contributed by atoms with E-state index in [1.165, 1.54) is 4.90 Å². The van der Waals surface area contributed by atoms with Crippen molar-refractivity contribution < 1.29 is 24.2 Å². The van der Waals surface area contributed by atoms with E-state index in [1.807, 2.05) is 33.8 Å². The number of fused-ring (bicyclic) bond motifs is 1. The summed E-state index contributed by atoms with van der Waals surface area (Å²) in [4.78, 5) is 42.5. The van der Waals surface area contributed by atoms with Gasteiger partial charge in [-0.05, 0) is 51.2 Å². The highest BCUT2D eigenvalue weighted by Crippen LogP contribution is 2.63. The summed E-state index contributed by atoms with van der Waals surface area (Å²) in [5, 5.41) is 16.3. The van der Waals surface area contributed by atoms with Gasteiger partial charge < -0.3 is 25.4 Å². The van der Waals surface area contributed by atoms with E-state index in [4.69, 9.17) is 16.3 Å². The van der Waals surface area contributed by atoms with Gasteiger partial charge in [0, 0.05) is 6.54 Å². The predicted octanol–water partition coefficient (Wildman–Crippen LogP) is 2.65. The van der Waals surface area contributed by atoms with E-state index in [0.29, 0.717) is 36.5 Å². The third kappa shape index (κ3) is 3.62. The van der Waals surface area contributed by atoms with Gasteiger partial charge in [-0.15, -0.1) is 0 Å². The zero-order valence-corrected chi connectivity index (χ0v) is 20.9. The van der Waals surface area contributed by atoms with Gasteiger partial charge in [0.05, 0.1) is 40.8 Å². The van der Waals surface area contributed by atoms with Gasteiger partial charge in [0.1, 0.15) is 11.6 Å². The first kappa shape index (κ1) is 24.9. The molecule has 3 N–H and O–H groups in total. The Hall–Kier alpha value is -2.16. The van der Waals surface area contributed by atoms with Gasteiger partial charge >= 0.3 is 0 Å². The molecule has 1 aromatic carbocycles. The summed E-state index contributed by atoms with van der Waals surface area (Å²) in [5.41, 5.74) is -0.693. The number of hydrogen-bond acceptors (Lipinski definition) is 5. The summed E-state index contributed by atoms with van der Waals surface area (Å²) in [5.74, 6) is -2.43. The van der Waals surface area contributed by atoms with Crippen LogP contribution >= 0.6 is 11.6 Å². The molecule has 2 unspecified atom stereocenters. The quantitative estimate of drug-likeness (QED) is 0.518. The molecule has 3 aliphatic rings. The van der Waals surface area contributed by atoms with E-state index in [2.05, 4.69) is 10.6 Å². The van der Waals surface area contributed by atoms with Crippen LogP contribution in [0.25, 0.3) is 0 Å². The van der Waals surface area contributed by atoms with Gasteiger partial charge in [-0.25, -0.2) is 0 Å². The first-order valence-corrected chi connectivity index (χ1v) is 12.5. The normalized spacial score (nSPS) is 32.6. The molecule has 2 bridgehead atoms. The first-order chi connectivity index (χ1) is 16.1. The summed E-state index contributed by atoms with van der Waals surface area (Å²) in [6.45, 7) is 7.75. The maximum Gasteiger partial charge on any atom is 0.250 e. The van der Waals surface area contributed by atoms with Gasteiger partial charge in [-0.1, -0.05) is 37.6 Å². The second kappa shape index (κ2) is 9.13. The van der Waals surface area contributed by atoms with E-state index in [9.17, 15) is 19.5 Å². The number of nitrogens with zero attached hydrogens (tertiary/aromatic N) is 1. The number of ether oxygens (including phenoxy) is 1. The van der Waals surface area contributed by atoms with Crippen LogP contribution in [0, 0.1) is 18.8 Å². The number of aryl methyl sites for hydroxylation is 1. The van der Waals surface area contributed by atoms with Crippen molar-refractivity contribution in [1.29, 1.82) is 0 Å². The van der Waals surface area contributed by atoms with E-state index in [-0.39, 0.29) is 18.4 Å². The van der Waals surface area contributed by atoms with Crippen molar-refractivity contribution in [3.63, 3.8) is 0 Å². The minimum Gasteiger partial charge on any atom is -0.394 e. The predicted molar refractivity (Wildman–Crippen MR) is 128 cm³/mol. The molecule has 3 saturated heterocycles. The van der Waals surface area contributed by atoms with Gasteiger partial charge in [0.2, 0.25) is 17.7 Å². The Labute approximate surface area is 205 Å². The number of benzene rings is 1. The Balaban J connectivity index is 1.77. The lowest BCUT2D eigenvalue weighted by Crippen LogP contribution is -2.56. The van der Waals surface area contributed by atoms with Crippen molar-refractivity contribution in [1.82, 2.24) is 10.2 Å². The number of carbonyl (C=O) groups excluding carboxylic acids is 3. The summed E-state index contributed by atoms with van der Waals surface area (Å²) < 4.78 is 6.56. The first-order valence-electron chi connectivity index (χ1n) is 12.1. The molecule has 34 heavy (non-hydrogen) atoms. The molecule has 4 rings (SSSR count). The number of halogens is 1. The van der Waals surface area contributed by atoms with Crippen LogP contribution in [0.15, 0.2) is 18.2 Å². The number of anilines is 1. The van der Waals surface area contributed by atoms with Gasteiger partial charge in [-0.3, -0.25) is 14.4 Å². The van der Waals surface area contributed by atoms with Crippen molar-refractivity contribution in [3.05, 3.63) is 28.8 Å². The number of aliphatic hydroxyl groups is 1. The van der Waals surface area contributed by atoms with Crippen LogP contribution < -0.4 is 10.6 Å². The lowest BCUT2D eigenvalue weighted by atomic mass is 9.66. The number of rotatable bonds is 8. The molecule has 0 aromatic heterocycles. The summed E-state index contributed by atoms with van der Waals surface area (Å²) in [7, 11) is 0. The molecule has 186 valence electrons. The Kier molecular flexibility index (Phi) is 6.70. The third-order valence-electron chi connectivity index (χ3n) is 7.84. The summed E-state index contributed by atoms with van der Waals surface area (Å²) in [6, 6.07) is 3.79. The molecule has 1 spiro atoms. The molecule has 0 radical (unpaired) electrons. The lowest BCUT2D eigenvalue weighted by Gasteiger charge is -2.36. The average Bonchev–Trinajstić information content (AvgIpc) is 3.37. The van der Waals surface area contributed by atoms with Crippen LogP contribution in [0.3, 0.4) is 0 Å². The minimum atomic E-state index is -1.14. The molecule has 1 aromatic rings. The maximum absolute atomic E-state index is 13.9. The molecule has 9 heteroatoms. The maximum atomic E-state index is 13.9. The number of aliphatic hydroxyl groups excluding tert-OH is 1. The SMILES string of the molecule is CCCNC(=O)[C@H]1[C@H]2C(=O)N([C@@H](CC)CO)C(C(=O)Nc3c(C)cccc3Cl)C23CC[C@]1(C)O3. The lowest BCUT2D eigenvalue weighted by molar-refractivity contribution is -0.148. The molecule has 3 heterocycles. The summed E-state index contributed by atoms with van der Waals surface area (Å²) >= 11 is 6.37. The van der Waals surface area contributed by atoms with Crippen molar-refractivity contribution in [2.75, 3.05) is 18.5 Å². The molecule has 3 amide bonds. The van der Waals surface area contributed by atoms with Crippen LogP contribution in [0.4, 0.5) is 5.69 Å². The van der Waals surface area contributed by atoms with Crippen LogP contribution in [0.5, 0.6) is 0 Å². The van der Waals surface area contributed by atoms with Gasteiger partial charge in [0.25, 0.3) is 0 Å². The topological polar surface area (TPSA) is 108 Å². The second-order valence-electron chi connectivity index (χ2n) is 9.93. The number of para-hydroxylation sites is 1. The summed E-state index contributed by atoms with van der Waals surface area (Å²) in [6.07, 6.45) is 2.29. The standard InChI is InChI=1S/C25H34ClN3O5/c1-5-12-27-21(31)17-18-23(33)29(15(6-2)13-30)20(25(18)11-10-24(17,4)34-25)22(32)28-19-14(3)8-7-9-16(19)26/h7-9,15,17-18,20,30H,5-6,10-13H2,1-4H3,(H,27,31)(H,28,32)/t15-,17+,18-,20?,24-,25?/m0/s1. The van der Waals surface area contributed by atoms with Crippen LogP contribution in [0.1, 0.15) is 52.0 Å². The van der Waals surface area contributed by atoms with Crippen molar-refractivity contribution in [3.8, 4) is 0 Å². The van der Waals surface area contributed by atoms with Crippen LogP contribution in [-0.4, -0.2) is 64.2 Å². The van der Waals surface area contributed by atoms with Crippen molar-refractivity contribution >= 4 is 35.0 Å². The molecule has 3 fully saturated rings. The number of amides is 3. The molecule has 6 atom stereocenters. The molecular weight excluding hydrogens is 458 g/mol. The highest BCUT2D eigenvalue weighted by Gasteiger charge is 2.78. The van der Waals surface area contributed by atoms with Gasteiger partial charge in [0.15, 0.2) is 0 Å². The van der Waals surface area contributed by atoms with E-state index < -0.39 is 41.0 Å². The second-order valence-corrected chi connectivity index (χ2v) is 10.3. The third-order valence-corrected chi connectivity index (χ3v) is 8.16. The molecule has 3 aliphatic heterocycles. The largest absolute Gasteiger partial charge is 0.394 e. The zero-order chi connectivity index (χ0) is 24.8. The zero-order valence-electron chi connectivity index (χ0n) is 20.2. The fourth-order valence-electron chi connectivity index (χ4n) is 6.21. The number of hydrogen-bond donors (Lipinski definition) is 3. The van der Waals surface area contributed by atoms with Crippen molar-refractivity contribution in [2.24, 2.45) is 11.8 Å². The monoisotopic (exact) mass is 491 g/mol. The molecule has 0 aliphatic carbocycles. The van der Waals surface area contributed by atoms with E-state index in [0.717, 1.165) is 12.0 Å².